The summed E-state index contributed by atoms with van der Waals surface area (Å²) in [5, 5.41) is 8.62. The standard InChI is InChI=1S/C20H19N3O3/c1-11(12-2-5-17-15(8-12)10-19(25)23-17)21-20(26)14-3-6-16-13(9-14)4-7-18(24)22-16/h2-3,5-6,8-9,11H,4,7,10H2,1H3,(H,21,26)(H,22,24)(H,23,25)/t11-/m1/s1. The zero-order chi connectivity index (χ0) is 18.3. The molecule has 26 heavy (non-hydrogen) atoms. The van der Waals surface area contributed by atoms with Gasteiger partial charge in [0.25, 0.3) is 5.91 Å². The van der Waals surface area contributed by atoms with E-state index in [1.165, 1.54) is 0 Å². The Morgan fingerprint density at radius 1 is 0.962 bits per heavy atom. The van der Waals surface area contributed by atoms with Crippen LogP contribution in [-0.2, 0) is 22.4 Å². The Kier molecular flexibility index (Phi) is 3.95. The highest BCUT2D eigenvalue weighted by atomic mass is 16.2. The lowest BCUT2D eigenvalue weighted by atomic mass is 9.99. The second-order valence-electron chi connectivity index (χ2n) is 6.76. The molecule has 0 fully saturated rings. The summed E-state index contributed by atoms with van der Waals surface area (Å²) in [5.41, 5.74) is 5.09. The quantitative estimate of drug-likeness (QED) is 0.796. The smallest absolute Gasteiger partial charge is 0.251 e. The van der Waals surface area contributed by atoms with Gasteiger partial charge in [-0.2, -0.15) is 0 Å². The fourth-order valence-corrected chi connectivity index (χ4v) is 3.41. The van der Waals surface area contributed by atoms with Crippen LogP contribution in [0, 0.1) is 0 Å². The van der Waals surface area contributed by atoms with E-state index in [9.17, 15) is 14.4 Å². The van der Waals surface area contributed by atoms with Crippen molar-refractivity contribution in [2.24, 2.45) is 0 Å². The van der Waals surface area contributed by atoms with Gasteiger partial charge in [0.05, 0.1) is 12.5 Å². The minimum atomic E-state index is -0.181. The molecule has 0 saturated carbocycles. The Labute approximate surface area is 151 Å². The summed E-state index contributed by atoms with van der Waals surface area (Å²) >= 11 is 0. The van der Waals surface area contributed by atoms with E-state index in [0.29, 0.717) is 24.8 Å². The first-order valence-corrected chi connectivity index (χ1v) is 8.66. The largest absolute Gasteiger partial charge is 0.346 e. The maximum atomic E-state index is 12.6. The summed E-state index contributed by atoms with van der Waals surface area (Å²) in [6, 6.07) is 10.9. The maximum absolute atomic E-state index is 12.6. The summed E-state index contributed by atoms with van der Waals surface area (Å²) in [5.74, 6) is -0.158. The van der Waals surface area contributed by atoms with Crippen LogP contribution in [0.4, 0.5) is 11.4 Å². The first-order valence-electron chi connectivity index (χ1n) is 8.66. The third-order valence-electron chi connectivity index (χ3n) is 4.86. The van der Waals surface area contributed by atoms with Crippen molar-refractivity contribution >= 4 is 29.1 Å². The van der Waals surface area contributed by atoms with Gasteiger partial charge in [0.15, 0.2) is 0 Å². The number of hydrogen-bond donors (Lipinski definition) is 3. The Bertz CT molecular complexity index is 936. The van der Waals surface area contributed by atoms with E-state index in [1.807, 2.05) is 31.2 Å². The lowest BCUT2D eigenvalue weighted by Crippen LogP contribution is -2.27. The maximum Gasteiger partial charge on any atom is 0.251 e. The minimum absolute atomic E-state index is 0.00464. The van der Waals surface area contributed by atoms with E-state index in [2.05, 4.69) is 16.0 Å². The summed E-state index contributed by atoms with van der Waals surface area (Å²) < 4.78 is 0. The third kappa shape index (κ3) is 3.06. The van der Waals surface area contributed by atoms with Crippen molar-refractivity contribution in [3.05, 3.63) is 58.7 Å². The first kappa shape index (κ1) is 16.3. The molecule has 0 radical (unpaired) electrons. The summed E-state index contributed by atoms with van der Waals surface area (Å²) in [6.45, 7) is 1.92. The van der Waals surface area contributed by atoms with Gasteiger partial charge >= 0.3 is 0 Å². The van der Waals surface area contributed by atoms with Crippen molar-refractivity contribution < 1.29 is 14.4 Å². The fraction of sp³-hybridized carbons (Fsp3) is 0.250. The Hall–Kier alpha value is -3.15. The number of rotatable bonds is 3. The first-order chi connectivity index (χ1) is 12.5. The van der Waals surface area contributed by atoms with Crippen LogP contribution in [0.25, 0.3) is 0 Å². The average molecular weight is 349 g/mol. The molecule has 2 aliphatic heterocycles. The van der Waals surface area contributed by atoms with Crippen LogP contribution in [0.15, 0.2) is 36.4 Å². The second kappa shape index (κ2) is 6.29. The molecule has 0 saturated heterocycles. The van der Waals surface area contributed by atoms with Gasteiger partial charge in [-0.25, -0.2) is 0 Å². The molecule has 3 N–H and O–H groups in total. The van der Waals surface area contributed by atoms with Gasteiger partial charge in [0.1, 0.15) is 0 Å². The molecule has 4 rings (SSSR count). The molecule has 6 nitrogen and oxygen atoms in total. The van der Waals surface area contributed by atoms with Gasteiger partial charge in [0, 0.05) is 23.4 Å². The van der Waals surface area contributed by atoms with E-state index in [-0.39, 0.29) is 23.8 Å². The van der Waals surface area contributed by atoms with Gasteiger partial charge in [-0.1, -0.05) is 12.1 Å². The van der Waals surface area contributed by atoms with Crippen LogP contribution in [0.3, 0.4) is 0 Å². The van der Waals surface area contributed by atoms with Gasteiger partial charge in [0.2, 0.25) is 11.8 Å². The predicted molar refractivity (Wildman–Crippen MR) is 98.0 cm³/mol. The van der Waals surface area contributed by atoms with Gasteiger partial charge in [-0.05, 0) is 54.3 Å². The molecule has 2 aromatic rings. The fourth-order valence-electron chi connectivity index (χ4n) is 3.41. The van der Waals surface area contributed by atoms with Crippen molar-refractivity contribution in [1.82, 2.24) is 5.32 Å². The topological polar surface area (TPSA) is 87.3 Å². The number of carbonyl (C=O) groups excluding carboxylic acids is 3. The van der Waals surface area contributed by atoms with Crippen LogP contribution < -0.4 is 16.0 Å². The SMILES string of the molecule is C[C@@H](NC(=O)c1ccc2c(c1)CCC(=O)N2)c1ccc2c(c1)CC(=O)N2. The molecule has 0 unspecified atom stereocenters. The van der Waals surface area contributed by atoms with E-state index in [0.717, 1.165) is 28.1 Å². The Balaban J connectivity index is 1.49. The van der Waals surface area contributed by atoms with E-state index < -0.39 is 0 Å². The van der Waals surface area contributed by atoms with Crippen LogP contribution in [-0.4, -0.2) is 17.7 Å². The molecule has 3 amide bonds. The number of nitrogens with one attached hydrogen (secondary N) is 3. The monoisotopic (exact) mass is 349 g/mol. The molecule has 132 valence electrons. The molecule has 6 heteroatoms. The van der Waals surface area contributed by atoms with Crippen molar-refractivity contribution in [2.75, 3.05) is 10.6 Å². The number of fused-ring (bicyclic) bond motifs is 2. The lowest BCUT2D eigenvalue weighted by molar-refractivity contribution is -0.116. The molecule has 0 spiro atoms. The van der Waals surface area contributed by atoms with Crippen LogP contribution in [0.5, 0.6) is 0 Å². The van der Waals surface area contributed by atoms with Crippen molar-refractivity contribution in [3.8, 4) is 0 Å². The van der Waals surface area contributed by atoms with E-state index in [4.69, 9.17) is 0 Å². The number of carbonyl (C=O) groups is 3. The number of hydrogen-bond acceptors (Lipinski definition) is 3. The van der Waals surface area contributed by atoms with Crippen LogP contribution >= 0.6 is 0 Å². The van der Waals surface area contributed by atoms with E-state index in [1.54, 1.807) is 12.1 Å². The zero-order valence-corrected chi connectivity index (χ0v) is 14.4. The molecule has 0 bridgehead atoms. The molecule has 2 aliphatic rings. The molecule has 2 aromatic carbocycles. The third-order valence-corrected chi connectivity index (χ3v) is 4.86. The van der Waals surface area contributed by atoms with Crippen LogP contribution in [0.1, 0.15) is 46.4 Å². The Morgan fingerprint density at radius 2 is 1.69 bits per heavy atom. The highest BCUT2D eigenvalue weighted by Gasteiger charge is 2.20. The highest BCUT2D eigenvalue weighted by molar-refractivity contribution is 5.99. The van der Waals surface area contributed by atoms with E-state index >= 15 is 0 Å². The summed E-state index contributed by atoms with van der Waals surface area (Å²) in [6.07, 6.45) is 1.46. The normalized spacial score (nSPS) is 16.2. The number of aryl methyl sites for hydroxylation is 1. The molecule has 2 heterocycles. The number of anilines is 2. The Morgan fingerprint density at radius 3 is 2.54 bits per heavy atom. The lowest BCUT2D eigenvalue weighted by Gasteiger charge is -2.19. The minimum Gasteiger partial charge on any atom is -0.346 e. The zero-order valence-electron chi connectivity index (χ0n) is 14.4. The molecule has 1 atom stereocenters. The molecular weight excluding hydrogens is 330 g/mol. The number of amides is 3. The highest BCUT2D eigenvalue weighted by Crippen LogP contribution is 2.27. The molecular formula is C20H19N3O3. The van der Waals surface area contributed by atoms with Gasteiger partial charge < -0.3 is 16.0 Å². The molecule has 0 aliphatic carbocycles. The van der Waals surface area contributed by atoms with Gasteiger partial charge in [-0.15, -0.1) is 0 Å². The van der Waals surface area contributed by atoms with Crippen LogP contribution in [0.2, 0.25) is 0 Å². The predicted octanol–water partition coefficient (Wildman–Crippen LogP) is 2.56. The van der Waals surface area contributed by atoms with Gasteiger partial charge in [-0.3, -0.25) is 14.4 Å². The van der Waals surface area contributed by atoms with Crippen molar-refractivity contribution in [2.45, 2.75) is 32.2 Å². The number of benzene rings is 2. The summed E-state index contributed by atoms with van der Waals surface area (Å²) in [7, 11) is 0. The molecule has 0 aromatic heterocycles. The van der Waals surface area contributed by atoms with Crippen molar-refractivity contribution in [3.63, 3.8) is 0 Å². The second-order valence-corrected chi connectivity index (χ2v) is 6.76. The average Bonchev–Trinajstić information content (AvgIpc) is 3.00. The van der Waals surface area contributed by atoms with Crippen molar-refractivity contribution in [1.29, 1.82) is 0 Å². The summed E-state index contributed by atoms with van der Waals surface area (Å²) in [4.78, 5) is 35.5.